The molecule has 0 aromatic carbocycles. The van der Waals surface area contributed by atoms with Crippen LogP contribution in [0.4, 0.5) is 0 Å². The average molecular weight is 337 g/mol. The maximum atomic E-state index is 5.61. The summed E-state index contributed by atoms with van der Waals surface area (Å²) >= 11 is 0. The molecule has 0 bridgehead atoms. The van der Waals surface area contributed by atoms with Gasteiger partial charge in [0, 0.05) is 21.1 Å². The second-order valence-electron chi connectivity index (χ2n) is 3.28. The third kappa shape index (κ3) is 3.23. The quantitative estimate of drug-likeness (QED) is 0.780. The summed E-state index contributed by atoms with van der Waals surface area (Å²) in [6.45, 7) is 1.67. The Morgan fingerprint density at radius 1 is 0.909 bits per heavy atom. The van der Waals surface area contributed by atoms with Crippen molar-refractivity contribution < 1.29 is 21.1 Å². The van der Waals surface area contributed by atoms with Crippen molar-refractivity contribution in [2.24, 2.45) is 23.3 Å². The van der Waals surface area contributed by atoms with Gasteiger partial charge in [-0.1, -0.05) is 12.8 Å². The van der Waals surface area contributed by atoms with Gasteiger partial charge in [-0.2, -0.15) is 0 Å². The molecule has 4 N–H and O–H groups in total. The molecule has 0 aliphatic heterocycles. The largest absolute Gasteiger partial charge is 0.330 e. The molecule has 1 aliphatic rings. The summed E-state index contributed by atoms with van der Waals surface area (Å²) in [6.07, 6.45) is 5.33. The van der Waals surface area contributed by atoms with Crippen molar-refractivity contribution in [3.05, 3.63) is 0 Å². The minimum absolute atomic E-state index is 0. The maximum absolute atomic E-state index is 5.61. The van der Waals surface area contributed by atoms with E-state index in [9.17, 15) is 0 Å². The molecule has 1 saturated carbocycles. The molecule has 3 heteroatoms. The van der Waals surface area contributed by atoms with Crippen LogP contribution in [0, 0.1) is 11.8 Å². The van der Waals surface area contributed by atoms with Gasteiger partial charge in [0.1, 0.15) is 0 Å². The van der Waals surface area contributed by atoms with Crippen molar-refractivity contribution in [1.82, 2.24) is 0 Å². The molecule has 0 heterocycles. The summed E-state index contributed by atoms with van der Waals surface area (Å²) < 4.78 is 0. The van der Waals surface area contributed by atoms with Gasteiger partial charge in [0.2, 0.25) is 0 Å². The van der Waals surface area contributed by atoms with Crippen molar-refractivity contribution in [3.8, 4) is 0 Å². The van der Waals surface area contributed by atoms with Crippen molar-refractivity contribution in [2.75, 3.05) is 13.1 Å². The predicted octanol–water partition coefficient (Wildman–Crippen LogP) is 0.708. The average Bonchev–Trinajstić information content (AvgIpc) is 2.04. The molecular weight excluding hydrogens is 319 g/mol. The van der Waals surface area contributed by atoms with Gasteiger partial charge in [-0.15, -0.1) is 0 Å². The van der Waals surface area contributed by atoms with E-state index in [1.54, 1.807) is 0 Å². The fraction of sp³-hybridized carbons (Fsp3) is 1.00. The molecule has 1 rings (SSSR count). The molecular formula is C8H18N2Pt. The molecule has 0 saturated heterocycles. The second kappa shape index (κ2) is 6.16. The van der Waals surface area contributed by atoms with Gasteiger partial charge in [0.05, 0.1) is 0 Å². The molecule has 0 spiro atoms. The van der Waals surface area contributed by atoms with Crippen LogP contribution in [0.3, 0.4) is 0 Å². The van der Waals surface area contributed by atoms with Crippen LogP contribution in [0.5, 0.6) is 0 Å². The molecule has 0 amide bonds. The van der Waals surface area contributed by atoms with Crippen LogP contribution in [0.15, 0.2) is 0 Å². The molecule has 0 aromatic rings. The monoisotopic (exact) mass is 337 g/mol. The van der Waals surface area contributed by atoms with Crippen LogP contribution < -0.4 is 11.5 Å². The van der Waals surface area contributed by atoms with E-state index in [4.69, 9.17) is 11.5 Å². The van der Waals surface area contributed by atoms with Crippen LogP contribution in [-0.2, 0) is 21.1 Å². The third-order valence-corrected chi connectivity index (χ3v) is 2.67. The molecule has 2 unspecified atom stereocenters. The number of rotatable bonds is 2. The Kier molecular flexibility index (Phi) is 6.50. The fourth-order valence-electron chi connectivity index (χ4n) is 1.91. The van der Waals surface area contributed by atoms with Crippen LogP contribution in [0.1, 0.15) is 25.7 Å². The molecule has 0 radical (unpaired) electrons. The summed E-state index contributed by atoms with van der Waals surface area (Å²) in [5.41, 5.74) is 11.2. The first-order valence-electron chi connectivity index (χ1n) is 4.28. The topological polar surface area (TPSA) is 52.0 Å². The van der Waals surface area contributed by atoms with Gasteiger partial charge in [-0.25, -0.2) is 0 Å². The summed E-state index contributed by atoms with van der Waals surface area (Å²) in [7, 11) is 0. The van der Waals surface area contributed by atoms with Crippen LogP contribution in [0.2, 0.25) is 0 Å². The van der Waals surface area contributed by atoms with Gasteiger partial charge in [0.25, 0.3) is 0 Å². The molecule has 2 atom stereocenters. The zero-order valence-corrected chi connectivity index (χ0v) is 9.14. The van der Waals surface area contributed by atoms with Crippen LogP contribution in [-0.4, -0.2) is 13.1 Å². The number of hydrogen-bond donors (Lipinski definition) is 2. The van der Waals surface area contributed by atoms with Gasteiger partial charge in [-0.05, 0) is 37.8 Å². The zero-order valence-electron chi connectivity index (χ0n) is 6.87. The van der Waals surface area contributed by atoms with E-state index in [1.165, 1.54) is 25.7 Å². The van der Waals surface area contributed by atoms with E-state index in [2.05, 4.69) is 0 Å². The molecule has 1 fully saturated rings. The molecule has 70 valence electrons. The van der Waals surface area contributed by atoms with Gasteiger partial charge in [0.15, 0.2) is 0 Å². The summed E-state index contributed by atoms with van der Waals surface area (Å²) in [4.78, 5) is 0. The van der Waals surface area contributed by atoms with Crippen LogP contribution >= 0.6 is 0 Å². The Morgan fingerprint density at radius 3 is 1.55 bits per heavy atom. The SMILES string of the molecule is NCC1CCCCC1CN.[Pt]. The molecule has 2 nitrogen and oxygen atoms in total. The Balaban J connectivity index is 0.000001000. The predicted molar refractivity (Wildman–Crippen MR) is 43.6 cm³/mol. The minimum Gasteiger partial charge on any atom is -0.330 e. The van der Waals surface area contributed by atoms with E-state index in [1.807, 2.05) is 0 Å². The Hall–Kier alpha value is 0.608. The van der Waals surface area contributed by atoms with Gasteiger partial charge in [-0.3, -0.25) is 0 Å². The van der Waals surface area contributed by atoms with E-state index >= 15 is 0 Å². The normalized spacial score (nSPS) is 31.1. The summed E-state index contributed by atoms with van der Waals surface area (Å²) in [6, 6.07) is 0. The fourth-order valence-corrected chi connectivity index (χ4v) is 1.91. The number of nitrogens with two attached hydrogens (primary N) is 2. The Morgan fingerprint density at radius 2 is 1.27 bits per heavy atom. The van der Waals surface area contributed by atoms with Gasteiger partial charge >= 0.3 is 0 Å². The van der Waals surface area contributed by atoms with Crippen molar-refractivity contribution in [1.29, 1.82) is 0 Å². The summed E-state index contributed by atoms with van der Waals surface area (Å²) in [5, 5.41) is 0. The first kappa shape index (κ1) is 11.6. The smallest absolute Gasteiger partial charge is 0 e. The van der Waals surface area contributed by atoms with Crippen molar-refractivity contribution in [2.45, 2.75) is 25.7 Å². The van der Waals surface area contributed by atoms with E-state index < -0.39 is 0 Å². The first-order valence-corrected chi connectivity index (χ1v) is 4.28. The van der Waals surface area contributed by atoms with Crippen molar-refractivity contribution >= 4 is 0 Å². The standard InChI is InChI=1S/C8H18N2.Pt/c9-5-7-3-1-2-4-8(7)6-10;/h7-8H,1-6,9-10H2;. The first-order chi connectivity index (χ1) is 4.88. The van der Waals surface area contributed by atoms with Gasteiger partial charge < -0.3 is 11.5 Å². The third-order valence-electron chi connectivity index (χ3n) is 2.67. The van der Waals surface area contributed by atoms with E-state index in [0.717, 1.165) is 24.9 Å². The molecule has 1 aliphatic carbocycles. The minimum atomic E-state index is 0. The summed E-state index contributed by atoms with van der Waals surface area (Å²) in [5.74, 6) is 1.44. The Labute approximate surface area is 83.4 Å². The maximum Gasteiger partial charge on any atom is 0 e. The number of hydrogen-bond acceptors (Lipinski definition) is 2. The molecule has 11 heavy (non-hydrogen) atoms. The van der Waals surface area contributed by atoms with E-state index in [-0.39, 0.29) is 21.1 Å². The molecule has 0 aromatic heterocycles. The van der Waals surface area contributed by atoms with E-state index in [0.29, 0.717) is 0 Å². The van der Waals surface area contributed by atoms with Crippen LogP contribution in [0.25, 0.3) is 0 Å². The Bertz CT molecular complexity index is 86.1. The zero-order chi connectivity index (χ0) is 7.40. The van der Waals surface area contributed by atoms with Crippen molar-refractivity contribution in [3.63, 3.8) is 0 Å². The second-order valence-corrected chi connectivity index (χ2v) is 3.28.